The van der Waals surface area contributed by atoms with Gasteiger partial charge in [-0.1, -0.05) is 0 Å². The third-order valence-corrected chi connectivity index (χ3v) is 8.19. The molecule has 0 atom stereocenters. The Hall–Kier alpha value is -2.12. The normalized spacial score (nSPS) is 15.6. The van der Waals surface area contributed by atoms with Crippen molar-refractivity contribution in [3.05, 3.63) is 90.5 Å². The molecule has 2 nitrogen and oxygen atoms in total. The van der Waals surface area contributed by atoms with Gasteiger partial charge in [-0.25, -0.2) is 0 Å². The summed E-state index contributed by atoms with van der Waals surface area (Å²) >= 11 is -0.730. The van der Waals surface area contributed by atoms with Crippen LogP contribution < -0.4 is 9.47 Å². The number of hydrogen-bond donors (Lipinski definition) is 0. The quantitative estimate of drug-likeness (QED) is 0.571. The van der Waals surface area contributed by atoms with E-state index in [-0.39, 0.29) is 0 Å². The molecule has 0 aromatic heterocycles. The fraction of sp³-hybridized carbons (Fsp3) is 0.167. The molecule has 0 fully saturated rings. The predicted octanol–water partition coefficient (Wildman–Crippen LogP) is 5.83. The Morgan fingerprint density at radius 1 is 0.667 bits per heavy atom. The van der Waals surface area contributed by atoms with Crippen LogP contribution in [0.2, 0.25) is 0 Å². The number of allylic oxidation sites excluding steroid dienone is 8. The van der Waals surface area contributed by atoms with Gasteiger partial charge >= 0.3 is 173 Å². The zero-order valence-electron chi connectivity index (χ0n) is 15.7. The van der Waals surface area contributed by atoms with Gasteiger partial charge in [-0.2, -0.15) is 0 Å². The minimum atomic E-state index is -0.730. The zero-order chi connectivity index (χ0) is 18.6. The Labute approximate surface area is 172 Å². The first-order valence-electron chi connectivity index (χ1n) is 9.14. The fourth-order valence-electron chi connectivity index (χ4n) is 3.57. The second-order valence-corrected chi connectivity index (χ2v) is 10.4. The predicted molar refractivity (Wildman–Crippen MR) is 107 cm³/mol. The van der Waals surface area contributed by atoms with Gasteiger partial charge in [-0.05, 0) is 0 Å². The summed E-state index contributed by atoms with van der Waals surface area (Å²) in [5.74, 6) is 1.90. The molecule has 27 heavy (non-hydrogen) atoms. The molecule has 2 aromatic rings. The maximum atomic E-state index is 5.52. The van der Waals surface area contributed by atoms with Gasteiger partial charge in [0.2, 0.25) is 0 Å². The first-order valence-corrected chi connectivity index (χ1v) is 11.6. The van der Waals surface area contributed by atoms with Crippen molar-refractivity contribution in [1.82, 2.24) is 0 Å². The molecular weight excluding hydrogens is 411 g/mol. The molecule has 0 amide bonds. The molecule has 0 bridgehead atoms. The third kappa shape index (κ3) is 3.94. The Morgan fingerprint density at radius 3 is 1.56 bits per heavy atom. The van der Waals surface area contributed by atoms with Crippen LogP contribution in [-0.2, 0) is 23.2 Å². The van der Waals surface area contributed by atoms with E-state index in [2.05, 4.69) is 48.6 Å². The Balaban J connectivity index is 1.49. The van der Waals surface area contributed by atoms with E-state index in [1.807, 2.05) is 24.3 Å². The first kappa shape index (κ1) is 18.3. The molecule has 0 heterocycles. The van der Waals surface area contributed by atoms with E-state index in [1.54, 1.807) is 20.8 Å². The van der Waals surface area contributed by atoms with Crippen molar-refractivity contribution < 1.29 is 32.7 Å². The number of hydrogen-bond acceptors (Lipinski definition) is 2. The van der Waals surface area contributed by atoms with Gasteiger partial charge in [-0.3, -0.25) is 0 Å². The molecule has 3 heteroatoms. The average Bonchev–Trinajstić information content (AvgIpc) is 3.38. The summed E-state index contributed by atoms with van der Waals surface area (Å²) < 4.78 is 14.3. The second kappa shape index (κ2) is 8.27. The van der Waals surface area contributed by atoms with E-state index >= 15 is 0 Å². The SMILES string of the molecule is COc1ccccc1C1=CC[C]([Zr][C]2=CC(c3ccccc3OC)=CC2)=C1. The molecule has 0 radical (unpaired) electrons. The monoisotopic (exact) mass is 432 g/mol. The molecule has 0 saturated carbocycles. The van der Waals surface area contributed by atoms with Crippen molar-refractivity contribution in [1.29, 1.82) is 0 Å². The molecule has 2 aliphatic rings. The second-order valence-electron chi connectivity index (χ2n) is 6.59. The summed E-state index contributed by atoms with van der Waals surface area (Å²) in [7, 11) is 3.48. The van der Waals surface area contributed by atoms with Crippen LogP contribution in [0.25, 0.3) is 11.1 Å². The summed E-state index contributed by atoms with van der Waals surface area (Å²) in [5, 5.41) is 0. The minimum absolute atomic E-state index is 0.730. The summed E-state index contributed by atoms with van der Waals surface area (Å²) in [5.41, 5.74) is 5.00. The number of benzene rings is 2. The molecule has 2 aromatic carbocycles. The molecule has 0 N–H and O–H groups in total. The Kier molecular flexibility index (Phi) is 5.59. The summed E-state index contributed by atoms with van der Waals surface area (Å²) in [4.78, 5) is 0. The molecule has 0 aliphatic heterocycles. The van der Waals surface area contributed by atoms with Crippen LogP contribution >= 0.6 is 0 Å². The van der Waals surface area contributed by atoms with Crippen LogP contribution in [0.5, 0.6) is 11.5 Å². The third-order valence-electron chi connectivity index (χ3n) is 4.90. The van der Waals surface area contributed by atoms with Crippen molar-refractivity contribution in [3.8, 4) is 11.5 Å². The number of ether oxygens (including phenoxy) is 2. The topological polar surface area (TPSA) is 18.5 Å². The molecule has 134 valence electrons. The fourth-order valence-corrected chi connectivity index (χ4v) is 6.71. The molecule has 0 unspecified atom stereocenters. The van der Waals surface area contributed by atoms with Crippen LogP contribution in [0.15, 0.2) is 79.4 Å². The van der Waals surface area contributed by atoms with E-state index in [1.165, 1.54) is 22.3 Å². The Bertz CT molecular complexity index is 900. The zero-order valence-corrected chi connectivity index (χ0v) is 18.1. The van der Waals surface area contributed by atoms with Gasteiger partial charge in [0.15, 0.2) is 0 Å². The average molecular weight is 434 g/mol. The summed E-state index contributed by atoms with van der Waals surface area (Å²) in [6, 6.07) is 16.6. The van der Waals surface area contributed by atoms with Crippen molar-refractivity contribution >= 4 is 11.1 Å². The molecule has 0 saturated heterocycles. The number of methoxy groups -OCH3 is 2. The van der Waals surface area contributed by atoms with E-state index in [4.69, 9.17) is 9.47 Å². The van der Waals surface area contributed by atoms with Crippen LogP contribution in [-0.4, -0.2) is 14.2 Å². The van der Waals surface area contributed by atoms with E-state index in [9.17, 15) is 0 Å². The van der Waals surface area contributed by atoms with Crippen molar-refractivity contribution in [2.75, 3.05) is 14.2 Å². The number of rotatable bonds is 6. The van der Waals surface area contributed by atoms with Crippen molar-refractivity contribution in [2.45, 2.75) is 12.8 Å². The van der Waals surface area contributed by atoms with Crippen LogP contribution in [0, 0.1) is 0 Å². The molecule has 0 spiro atoms. The van der Waals surface area contributed by atoms with Gasteiger partial charge < -0.3 is 0 Å². The van der Waals surface area contributed by atoms with Crippen molar-refractivity contribution in [3.63, 3.8) is 0 Å². The molecule has 2 aliphatic carbocycles. The maximum absolute atomic E-state index is 5.52. The Morgan fingerprint density at radius 2 is 1.11 bits per heavy atom. The van der Waals surface area contributed by atoms with Gasteiger partial charge in [0.05, 0.1) is 0 Å². The first-order chi connectivity index (χ1) is 13.3. The molecular formula is C24H22O2Zr. The van der Waals surface area contributed by atoms with Crippen LogP contribution in [0.3, 0.4) is 0 Å². The van der Waals surface area contributed by atoms with Gasteiger partial charge in [-0.15, -0.1) is 0 Å². The van der Waals surface area contributed by atoms with Crippen LogP contribution in [0.1, 0.15) is 24.0 Å². The van der Waals surface area contributed by atoms with Gasteiger partial charge in [0.1, 0.15) is 0 Å². The van der Waals surface area contributed by atoms with E-state index < -0.39 is 23.2 Å². The standard InChI is InChI=1S/2C12H11O.Zr/c2*1-13-12-9-5-4-8-11(12)10-6-2-3-7-10;/h2*4-9H,2H2,1H3;. The van der Waals surface area contributed by atoms with E-state index in [0.29, 0.717) is 0 Å². The molecule has 4 rings (SSSR count). The van der Waals surface area contributed by atoms with E-state index in [0.717, 1.165) is 24.3 Å². The summed E-state index contributed by atoms with van der Waals surface area (Å²) in [6.07, 6.45) is 11.6. The van der Waals surface area contributed by atoms with Gasteiger partial charge in [0.25, 0.3) is 0 Å². The van der Waals surface area contributed by atoms with Crippen molar-refractivity contribution in [2.24, 2.45) is 0 Å². The number of para-hydroxylation sites is 2. The van der Waals surface area contributed by atoms with Gasteiger partial charge in [0, 0.05) is 0 Å². The van der Waals surface area contributed by atoms with Crippen LogP contribution in [0.4, 0.5) is 0 Å². The summed E-state index contributed by atoms with van der Waals surface area (Å²) in [6.45, 7) is 0.